The lowest BCUT2D eigenvalue weighted by Gasteiger charge is -2.30. The van der Waals surface area contributed by atoms with Crippen molar-refractivity contribution in [3.05, 3.63) is 23.3 Å². The number of aldehydes is 1. The normalized spacial score (nSPS) is 30.4. The fraction of sp³-hybridized carbons (Fsp3) is 0.579. The van der Waals surface area contributed by atoms with Crippen LogP contribution in [0.5, 0.6) is 0 Å². The van der Waals surface area contributed by atoms with Crippen LogP contribution in [-0.2, 0) is 9.59 Å². The van der Waals surface area contributed by atoms with Gasteiger partial charge in [-0.2, -0.15) is 0 Å². The Balaban J connectivity index is 3.11. The predicted octanol–water partition coefficient (Wildman–Crippen LogP) is 4.26. The Hall–Kier alpha value is -1.62. The van der Waals surface area contributed by atoms with Gasteiger partial charge in [0.05, 0.1) is 0 Å². The Morgan fingerprint density at radius 3 is 2.71 bits per heavy atom. The number of rotatable bonds is 3. The van der Waals surface area contributed by atoms with Crippen molar-refractivity contribution in [1.29, 1.82) is 0 Å². The Morgan fingerprint density at radius 1 is 1.33 bits per heavy atom. The minimum absolute atomic E-state index is 0.127. The highest BCUT2D eigenvalue weighted by Crippen LogP contribution is 2.35. The van der Waals surface area contributed by atoms with Crippen LogP contribution >= 0.6 is 0 Å². The van der Waals surface area contributed by atoms with Crippen molar-refractivity contribution in [2.75, 3.05) is 0 Å². The van der Waals surface area contributed by atoms with Gasteiger partial charge in [-0.3, -0.25) is 4.79 Å². The molecule has 0 aromatic heterocycles. The lowest BCUT2D eigenvalue weighted by Crippen LogP contribution is -2.24. The number of carbonyl (C=O) groups excluding carboxylic acids is 2. The van der Waals surface area contributed by atoms with Crippen molar-refractivity contribution in [2.45, 2.75) is 59.8 Å². The highest BCUT2D eigenvalue weighted by atomic mass is 16.1. The molecule has 1 rings (SSSR count). The molecule has 0 saturated heterocycles. The Kier molecular flexibility index (Phi) is 6.62. The van der Waals surface area contributed by atoms with E-state index in [-0.39, 0.29) is 17.1 Å². The van der Waals surface area contributed by atoms with Crippen LogP contribution in [0.3, 0.4) is 0 Å². The highest BCUT2D eigenvalue weighted by molar-refractivity contribution is 6.04. The first-order valence-corrected chi connectivity index (χ1v) is 7.71. The molecule has 0 bridgehead atoms. The van der Waals surface area contributed by atoms with Gasteiger partial charge >= 0.3 is 0 Å². The molecule has 0 N–H and O–H groups in total. The topological polar surface area (TPSA) is 34.1 Å². The van der Waals surface area contributed by atoms with Crippen LogP contribution in [-0.4, -0.2) is 12.1 Å². The molecule has 0 heterocycles. The molecule has 1 aliphatic rings. The zero-order valence-electron chi connectivity index (χ0n) is 13.7. The van der Waals surface area contributed by atoms with Crippen molar-refractivity contribution < 1.29 is 9.59 Å². The Morgan fingerprint density at radius 2 is 2.05 bits per heavy atom. The summed E-state index contributed by atoms with van der Waals surface area (Å²) < 4.78 is 0. The van der Waals surface area contributed by atoms with Crippen LogP contribution in [0.15, 0.2) is 23.3 Å². The monoisotopic (exact) mass is 286 g/mol. The van der Waals surface area contributed by atoms with Crippen LogP contribution in [0.25, 0.3) is 0 Å². The van der Waals surface area contributed by atoms with Gasteiger partial charge in [0.2, 0.25) is 5.78 Å². The van der Waals surface area contributed by atoms with Gasteiger partial charge < -0.3 is 4.79 Å². The molecular formula is C19H26O2. The molecule has 0 aliphatic heterocycles. The van der Waals surface area contributed by atoms with E-state index < -0.39 is 0 Å². The smallest absolute Gasteiger partial charge is 0.228 e. The molecule has 2 nitrogen and oxygen atoms in total. The Labute approximate surface area is 128 Å². The van der Waals surface area contributed by atoms with Crippen molar-refractivity contribution >= 4 is 12.1 Å². The van der Waals surface area contributed by atoms with Crippen molar-refractivity contribution in [3.8, 4) is 11.8 Å². The summed E-state index contributed by atoms with van der Waals surface area (Å²) in [5.74, 6) is 5.96. The van der Waals surface area contributed by atoms with Crippen LogP contribution in [0.1, 0.15) is 59.8 Å². The first-order chi connectivity index (χ1) is 9.87. The van der Waals surface area contributed by atoms with E-state index in [4.69, 9.17) is 0 Å². The molecule has 1 aliphatic carbocycles. The number of hydrogen-bond donors (Lipinski definition) is 0. The largest absolute Gasteiger partial charge is 0.303 e. The standard InChI is InChI=1S/C19H26O2/c1-15-6-5-7-16(2)14-18(21)9-12-19(4,11-8-15)17(3)10-13-20/h6,13-14,17H,5,7-8,10-11H2,1-4H3/b15-6+,16-14-. The molecule has 2 unspecified atom stereocenters. The Bertz CT molecular complexity index is 513. The van der Waals surface area contributed by atoms with Gasteiger partial charge in [0.1, 0.15) is 6.29 Å². The number of allylic oxidation sites excluding steroid dienone is 4. The van der Waals surface area contributed by atoms with Gasteiger partial charge in [0.15, 0.2) is 0 Å². The lowest BCUT2D eigenvalue weighted by molar-refractivity contribution is -0.110. The maximum atomic E-state index is 11.9. The van der Waals surface area contributed by atoms with Gasteiger partial charge in [-0.05, 0) is 64.4 Å². The zero-order chi connectivity index (χ0) is 15.9. The molecule has 2 atom stereocenters. The molecule has 0 spiro atoms. The van der Waals surface area contributed by atoms with Crippen molar-refractivity contribution in [2.24, 2.45) is 11.3 Å². The van der Waals surface area contributed by atoms with E-state index in [1.165, 1.54) is 5.57 Å². The molecule has 0 aromatic rings. The fourth-order valence-corrected chi connectivity index (χ4v) is 2.48. The molecule has 21 heavy (non-hydrogen) atoms. The lowest BCUT2D eigenvalue weighted by atomic mass is 9.73. The summed E-state index contributed by atoms with van der Waals surface area (Å²) in [6.45, 7) is 8.23. The van der Waals surface area contributed by atoms with Gasteiger partial charge in [0, 0.05) is 11.8 Å². The molecular weight excluding hydrogens is 260 g/mol. The first-order valence-electron chi connectivity index (χ1n) is 7.71. The third kappa shape index (κ3) is 5.71. The van der Waals surface area contributed by atoms with Crippen molar-refractivity contribution in [3.63, 3.8) is 0 Å². The first kappa shape index (κ1) is 17.4. The summed E-state index contributed by atoms with van der Waals surface area (Å²) in [7, 11) is 0. The molecule has 2 heteroatoms. The van der Waals surface area contributed by atoms with Gasteiger partial charge in [-0.15, -0.1) is 0 Å². The van der Waals surface area contributed by atoms with E-state index in [9.17, 15) is 9.59 Å². The van der Waals surface area contributed by atoms with Crippen molar-refractivity contribution in [1.82, 2.24) is 0 Å². The molecule has 0 amide bonds. The van der Waals surface area contributed by atoms with Crippen LogP contribution in [0, 0.1) is 23.2 Å². The van der Waals surface area contributed by atoms with E-state index in [0.717, 1.165) is 37.5 Å². The fourth-order valence-electron chi connectivity index (χ4n) is 2.48. The van der Waals surface area contributed by atoms with E-state index in [0.29, 0.717) is 6.42 Å². The number of hydrogen-bond acceptors (Lipinski definition) is 2. The molecule has 0 radical (unpaired) electrons. The molecule has 114 valence electrons. The van der Waals surface area contributed by atoms with E-state index >= 15 is 0 Å². The predicted molar refractivity (Wildman–Crippen MR) is 86.7 cm³/mol. The quantitative estimate of drug-likeness (QED) is 0.336. The second-order valence-corrected chi connectivity index (χ2v) is 6.41. The number of carbonyl (C=O) groups is 2. The molecule has 0 fully saturated rings. The maximum absolute atomic E-state index is 11.9. The minimum Gasteiger partial charge on any atom is -0.303 e. The van der Waals surface area contributed by atoms with Gasteiger partial charge in [-0.1, -0.05) is 30.1 Å². The summed E-state index contributed by atoms with van der Waals surface area (Å²) in [5, 5.41) is 0. The average molecular weight is 286 g/mol. The summed E-state index contributed by atoms with van der Waals surface area (Å²) >= 11 is 0. The molecule has 0 aromatic carbocycles. The molecule has 0 saturated carbocycles. The highest BCUT2D eigenvalue weighted by Gasteiger charge is 2.29. The summed E-state index contributed by atoms with van der Waals surface area (Å²) in [4.78, 5) is 22.7. The second-order valence-electron chi connectivity index (χ2n) is 6.41. The second kappa shape index (κ2) is 7.98. The van der Waals surface area contributed by atoms with Gasteiger partial charge in [-0.25, -0.2) is 0 Å². The third-order valence-corrected chi connectivity index (χ3v) is 4.46. The van der Waals surface area contributed by atoms with Crippen LogP contribution in [0.4, 0.5) is 0 Å². The van der Waals surface area contributed by atoms with E-state index in [1.54, 1.807) is 6.08 Å². The summed E-state index contributed by atoms with van der Waals surface area (Å²) in [6.07, 6.45) is 9.04. The maximum Gasteiger partial charge on any atom is 0.228 e. The summed E-state index contributed by atoms with van der Waals surface area (Å²) in [5.41, 5.74) is 2.13. The summed E-state index contributed by atoms with van der Waals surface area (Å²) in [6, 6.07) is 0. The average Bonchev–Trinajstić information content (AvgIpc) is 2.42. The van der Waals surface area contributed by atoms with Crippen LogP contribution < -0.4 is 0 Å². The SMILES string of the molecule is C/C1=C/C(=O)C#CC(C)(C(C)CC=O)CC/C(C)=C/CC1. The van der Waals surface area contributed by atoms with Gasteiger partial charge in [0.25, 0.3) is 0 Å². The minimum atomic E-state index is -0.299. The van der Waals surface area contributed by atoms with Crippen LogP contribution in [0.2, 0.25) is 0 Å². The zero-order valence-corrected chi connectivity index (χ0v) is 13.7. The van der Waals surface area contributed by atoms with E-state index in [1.807, 2.05) is 13.8 Å². The van der Waals surface area contributed by atoms with E-state index in [2.05, 4.69) is 31.8 Å². The third-order valence-electron chi connectivity index (χ3n) is 4.46. The number of ketones is 1.